The number of aryl methyl sites for hydroxylation is 2. The summed E-state index contributed by atoms with van der Waals surface area (Å²) in [4.78, 5) is 0. The summed E-state index contributed by atoms with van der Waals surface area (Å²) < 4.78 is 37.7. The molecule has 7 nitrogen and oxygen atoms in total. The first-order valence-corrected chi connectivity index (χ1v) is 12.1. The zero-order valence-electron chi connectivity index (χ0n) is 20.6. The summed E-state index contributed by atoms with van der Waals surface area (Å²) >= 11 is 0. The van der Waals surface area contributed by atoms with Crippen molar-refractivity contribution in [2.75, 3.05) is 27.6 Å². The van der Waals surface area contributed by atoms with Gasteiger partial charge in [-0.25, -0.2) is 0 Å². The number of fused-ring (bicyclic) bond motifs is 6. The molecule has 0 spiro atoms. The van der Waals surface area contributed by atoms with Gasteiger partial charge in [-0.1, -0.05) is 12.1 Å². The van der Waals surface area contributed by atoms with Gasteiger partial charge in [0.2, 0.25) is 12.5 Å². The Morgan fingerprint density at radius 1 is 0.892 bits per heavy atom. The van der Waals surface area contributed by atoms with Crippen LogP contribution in [0.5, 0.6) is 34.5 Å². The molecule has 0 bridgehead atoms. The number of hydrogen-bond donors (Lipinski definition) is 0. The summed E-state index contributed by atoms with van der Waals surface area (Å²) in [7, 11) is 3.35. The molecule has 0 amide bonds. The molecule has 4 aromatic rings. The predicted molar refractivity (Wildman–Crippen MR) is 133 cm³/mol. The summed E-state index contributed by atoms with van der Waals surface area (Å²) in [5, 5.41) is 2.11. The lowest BCUT2D eigenvalue weighted by molar-refractivity contribution is -0.686. The quantitative estimate of drug-likeness (QED) is 0.381. The van der Waals surface area contributed by atoms with E-state index < -0.39 is 0 Å². The highest BCUT2D eigenvalue weighted by molar-refractivity contribution is 5.95. The van der Waals surface area contributed by atoms with Gasteiger partial charge in [0.25, 0.3) is 0 Å². The number of benzene rings is 3. The van der Waals surface area contributed by atoms with Crippen LogP contribution >= 0.6 is 0 Å². The molecule has 3 aliphatic heterocycles. The molecule has 1 unspecified atom stereocenters. The van der Waals surface area contributed by atoms with Crippen LogP contribution in [0.3, 0.4) is 0 Å². The van der Waals surface area contributed by atoms with Gasteiger partial charge in [0.05, 0.1) is 25.2 Å². The van der Waals surface area contributed by atoms with Gasteiger partial charge in [-0.3, -0.25) is 0 Å². The molecular formula is C29H26ClNO6. The lowest BCUT2D eigenvalue weighted by Gasteiger charge is -2.28. The standard InChI is InChI=1S/C29H26NO6.ClH/c1-31-25-8-7-19-21(12-18-15-33-23-5-3-4-6-24(23)36-18)28-20-13-27-26(34-16-35-27)11-17(20)9-10-30(28)14-22(19)29(25)32-2;/h3-8,11,13-14,18H,9-10,12,15-16H2,1-2H3;1H/q+1;/p-1. The Labute approximate surface area is 220 Å². The van der Waals surface area contributed by atoms with Crippen molar-refractivity contribution in [1.29, 1.82) is 0 Å². The zero-order valence-corrected chi connectivity index (χ0v) is 21.3. The number of hydrogen-bond acceptors (Lipinski definition) is 6. The fraction of sp³-hybridized carbons (Fsp3) is 0.276. The molecule has 37 heavy (non-hydrogen) atoms. The number of pyridine rings is 1. The second-order valence-corrected chi connectivity index (χ2v) is 9.23. The molecule has 0 saturated carbocycles. The van der Waals surface area contributed by atoms with E-state index in [0.717, 1.165) is 63.7 Å². The van der Waals surface area contributed by atoms with Gasteiger partial charge >= 0.3 is 0 Å². The minimum Gasteiger partial charge on any atom is -1.00 e. The Kier molecular flexibility index (Phi) is 5.88. The fourth-order valence-electron chi connectivity index (χ4n) is 5.61. The van der Waals surface area contributed by atoms with Crippen LogP contribution in [0, 0.1) is 0 Å². The van der Waals surface area contributed by atoms with Crippen LogP contribution in [0.15, 0.2) is 54.7 Å². The first-order chi connectivity index (χ1) is 17.7. The molecule has 0 N–H and O–H groups in total. The molecule has 0 saturated heterocycles. The lowest BCUT2D eigenvalue weighted by atomic mass is 9.89. The Hall–Kier alpha value is -3.84. The summed E-state index contributed by atoms with van der Waals surface area (Å²) in [6.45, 7) is 1.58. The van der Waals surface area contributed by atoms with Crippen molar-refractivity contribution in [3.63, 3.8) is 0 Å². The van der Waals surface area contributed by atoms with Crippen molar-refractivity contribution in [3.8, 4) is 45.8 Å². The number of aromatic nitrogens is 1. The second kappa shape index (κ2) is 9.23. The van der Waals surface area contributed by atoms with E-state index in [2.05, 4.69) is 29.0 Å². The van der Waals surface area contributed by atoms with Gasteiger partial charge in [0.1, 0.15) is 12.7 Å². The van der Waals surface area contributed by atoms with Crippen molar-refractivity contribution in [2.45, 2.75) is 25.5 Å². The zero-order chi connectivity index (χ0) is 24.2. The highest BCUT2D eigenvalue weighted by atomic mass is 35.5. The predicted octanol–water partition coefficient (Wildman–Crippen LogP) is 1.48. The molecule has 190 valence electrons. The summed E-state index contributed by atoms with van der Waals surface area (Å²) in [6, 6.07) is 16.2. The smallest absolute Gasteiger partial charge is 0.231 e. The maximum atomic E-state index is 6.40. The van der Waals surface area contributed by atoms with E-state index in [0.29, 0.717) is 18.8 Å². The van der Waals surface area contributed by atoms with Crippen molar-refractivity contribution in [3.05, 3.63) is 65.9 Å². The maximum absolute atomic E-state index is 6.40. The third-order valence-electron chi connectivity index (χ3n) is 7.24. The molecule has 1 atom stereocenters. The molecule has 0 aliphatic carbocycles. The van der Waals surface area contributed by atoms with Crippen molar-refractivity contribution < 1.29 is 45.4 Å². The monoisotopic (exact) mass is 519 g/mol. The Morgan fingerprint density at radius 3 is 2.51 bits per heavy atom. The highest BCUT2D eigenvalue weighted by Crippen LogP contribution is 2.44. The number of nitrogens with zero attached hydrogens (tertiary/aromatic N) is 1. The number of para-hydroxylation sites is 2. The third-order valence-corrected chi connectivity index (χ3v) is 7.24. The molecule has 3 aromatic carbocycles. The molecule has 0 fully saturated rings. The van der Waals surface area contributed by atoms with Crippen molar-refractivity contribution in [2.24, 2.45) is 0 Å². The van der Waals surface area contributed by atoms with Crippen LogP contribution in [0.25, 0.3) is 22.0 Å². The summed E-state index contributed by atoms with van der Waals surface area (Å²) in [6.07, 6.45) is 3.61. The van der Waals surface area contributed by atoms with E-state index >= 15 is 0 Å². The molecule has 8 heteroatoms. The fourth-order valence-corrected chi connectivity index (χ4v) is 5.61. The Balaban J connectivity index is 0.00000252. The van der Waals surface area contributed by atoms with Gasteiger partial charge < -0.3 is 40.8 Å². The van der Waals surface area contributed by atoms with E-state index in [-0.39, 0.29) is 25.3 Å². The largest absolute Gasteiger partial charge is 1.00 e. The van der Waals surface area contributed by atoms with Crippen LogP contribution in [-0.4, -0.2) is 33.7 Å². The molecule has 1 aromatic heterocycles. The summed E-state index contributed by atoms with van der Waals surface area (Å²) in [5.41, 5.74) is 4.76. The first-order valence-electron chi connectivity index (χ1n) is 12.1. The third kappa shape index (κ3) is 3.76. The molecule has 0 radical (unpaired) electrons. The number of methoxy groups -OCH3 is 2. The Morgan fingerprint density at radius 2 is 1.70 bits per heavy atom. The van der Waals surface area contributed by atoms with Gasteiger partial charge in [0, 0.05) is 23.8 Å². The van der Waals surface area contributed by atoms with E-state index in [1.165, 1.54) is 11.1 Å². The minimum atomic E-state index is -0.136. The van der Waals surface area contributed by atoms with Gasteiger partial charge in [0.15, 0.2) is 47.2 Å². The molecular weight excluding hydrogens is 494 g/mol. The lowest BCUT2D eigenvalue weighted by Crippen LogP contribution is -3.00. The topological polar surface area (TPSA) is 59.3 Å². The van der Waals surface area contributed by atoms with Crippen LogP contribution in [0.1, 0.15) is 11.1 Å². The number of halogens is 1. The van der Waals surface area contributed by atoms with Crippen LogP contribution < -0.4 is 45.4 Å². The van der Waals surface area contributed by atoms with Crippen molar-refractivity contribution >= 4 is 10.8 Å². The normalized spacial score (nSPS) is 16.4. The minimum absolute atomic E-state index is 0. The SMILES string of the molecule is COc1ccc2c(CC3COc4ccccc4O3)c3[n+](cc2c1OC)CCc1cc2c(cc1-3)OCO2.[Cl-]. The van der Waals surface area contributed by atoms with Gasteiger partial charge in [-0.15, -0.1) is 0 Å². The highest BCUT2D eigenvalue weighted by Gasteiger charge is 2.34. The van der Waals surface area contributed by atoms with E-state index in [4.69, 9.17) is 28.4 Å². The summed E-state index contributed by atoms with van der Waals surface area (Å²) in [5.74, 6) is 4.60. The van der Waals surface area contributed by atoms with Crippen LogP contribution in [0.2, 0.25) is 0 Å². The second-order valence-electron chi connectivity index (χ2n) is 9.23. The average Bonchev–Trinajstić information content (AvgIpc) is 3.38. The average molecular weight is 520 g/mol. The maximum Gasteiger partial charge on any atom is 0.231 e. The number of ether oxygens (including phenoxy) is 6. The van der Waals surface area contributed by atoms with Gasteiger partial charge in [-0.2, -0.15) is 4.57 Å². The number of rotatable bonds is 4. The first kappa shape index (κ1) is 23.6. The molecule has 4 heterocycles. The van der Waals surface area contributed by atoms with E-state index in [1.807, 2.05) is 30.3 Å². The van der Waals surface area contributed by atoms with Gasteiger partial charge in [-0.05, 0) is 42.0 Å². The molecule has 7 rings (SSSR count). The van der Waals surface area contributed by atoms with E-state index in [9.17, 15) is 0 Å². The van der Waals surface area contributed by atoms with Crippen LogP contribution in [-0.2, 0) is 19.4 Å². The Bertz CT molecular complexity index is 1520. The van der Waals surface area contributed by atoms with E-state index in [1.54, 1.807) is 14.2 Å². The van der Waals surface area contributed by atoms with Crippen molar-refractivity contribution in [1.82, 2.24) is 0 Å². The van der Waals surface area contributed by atoms with Crippen LogP contribution in [0.4, 0.5) is 0 Å². The molecule has 3 aliphatic rings.